The van der Waals surface area contributed by atoms with Crippen LogP contribution in [0.15, 0.2) is 0 Å². The molecule has 0 aromatic rings. The average molecular weight is 194 g/mol. The summed E-state index contributed by atoms with van der Waals surface area (Å²) in [4.78, 5) is 12.9. The van der Waals surface area contributed by atoms with Gasteiger partial charge >= 0.3 is 0 Å². The Morgan fingerprint density at radius 3 is 2.83 bits per heavy atom. The van der Waals surface area contributed by atoms with E-state index in [1.54, 1.807) is 14.0 Å². The van der Waals surface area contributed by atoms with Gasteiger partial charge in [0.2, 0.25) is 5.91 Å². The maximum atomic E-state index is 11.0. The van der Waals surface area contributed by atoms with Crippen LogP contribution in [0, 0.1) is 0 Å². The van der Waals surface area contributed by atoms with Crippen molar-refractivity contribution in [2.45, 2.75) is 25.8 Å². The summed E-state index contributed by atoms with van der Waals surface area (Å²) in [6.07, 6.45) is 2.21. The first-order valence-electron chi connectivity index (χ1n) is 4.02. The zero-order valence-electron chi connectivity index (χ0n) is 7.58. The third-order valence-corrected chi connectivity index (χ3v) is 2.14. The molecule has 0 spiro atoms. The Morgan fingerprint density at radius 2 is 2.33 bits per heavy atom. The highest BCUT2D eigenvalue weighted by atomic mass is 35.5. The molecule has 0 aromatic heterocycles. The van der Waals surface area contributed by atoms with Gasteiger partial charge in [-0.15, -0.1) is 12.4 Å². The number of hydrogen-bond donors (Lipinski definition) is 0. The van der Waals surface area contributed by atoms with E-state index in [9.17, 15) is 4.79 Å². The fourth-order valence-corrected chi connectivity index (χ4v) is 1.62. The summed E-state index contributed by atoms with van der Waals surface area (Å²) in [5.74, 6) is 0.171. The summed E-state index contributed by atoms with van der Waals surface area (Å²) in [5, 5.41) is 0. The first kappa shape index (κ1) is 11.7. The van der Waals surface area contributed by atoms with Crippen LogP contribution in [0.5, 0.6) is 0 Å². The predicted octanol–water partition coefficient (Wildman–Crippen LogP) is 1.07. The molecular formula is C8H16ClNO2. The normalized spacial score (nSPS) is 22.2. The van der Waals surface area contributed by atoms with Crippen molar-refractivity contribution in [3.05, 3.63) is 0 Å². The van der Waals surface area contributed by atoms with Gasteiger partial charge in [-0.05, 0) is 12.8 Å². The first-order chi connectivity index (χ1) is 5.25. The Balaban J connectivity index is 0.00000121. The third-order valence-electron chi connectivity index (χ3n) is 2.14. The maximum absolute atomic E-state index is 11.0. The van der Waals surface area contributed by atoms with E-state index in [1.165, 1.54) is 0 Å². The molecule has 1 rings (SSSR count). The number of carbonyl (C=O) groups is 1. The van der Waals surface area contributed by atoms with Gasteiger partial charge in [-0.3, -0.25) is 4.79 Å². The van der Waals surface area contributed by atoms with E-state index in [2.05, 4.69) is 0 Å². The SMILES string of the molecule is COCC1CCCN1C(C)=O.Cl. The zero-order chi connectivity index (χ0) is 8.27. The summed E-state index contributed by atoms with van der Waals surface area (Å²) < 4.78 is 5.01. The van der Waals surface area contributed by atoms with E-state index >= 15 is 0 Å². The van der Waals surface area contributed by atoms with E-state index in [0.717, 1.165) is 19.4 Å². The van der Waals surface area contributed by atoms with E-state index < -0.39 is 0 Å². The molecule has 0 aromatic carbocycles. The molecule has 4 heteroatoms. The zero-order valence-corrected chi connectivity index (χ0v) is 8.39. The van der Waals surface area contributed by atoms with Crippen LogP contribution in [-0.2, 0) is 9.53 Å². The first-order valence-corrected chi connectivity index (χ1v) is 4.02. The van der Waals surface area contributed by atoms with Crippen LogP contribution in [0.4, 0.5) is 0 Å². The van der Waals surface area contributed by atoms with Crippen LogP contribution >= 0.6 is 12.4 Å². The smallest absolute Gasteiger partial charge is 0.219 e. The molecule has 72 valence electrons. The van der Waals surface area contributed by atoms with Crippen LogP contribution in [0.25, 0.3) is 0 Å². The summed E-state index contributed by atoms with van der Waals surface area (Å²) in [6.45, 7) is 3.21. The van der Waals surface area contributed by atoms with Crippen molar-refractivity contribution in [2.24, 2.45) is 0 Å². The van der Waals surface area contributed by atoms with Crippen molar-refractivity contribution < 1.29 is 9.53 Å². The minimum absolute atomic E-state index is 0. The van der Waals surface area contributed by atoms with Gasteiger partial charge in [-0.1, -0.05) is 0 Å². The quantitative estimate of drug-likeness (QED) is 0.657. The molecule has 1 amide bonds. The number of carbonyl (C=O) groups excluding carboxylic acids is 1. The van der Waals surface area contributed by atoms with Gasteiger partial charge in [-0.25, -0.2) is 0 Å². The summed E-state index contributed by atoms with van der Waals surface area (Å²) in [6, 6.07) is 0.331. The van der Waals surface area contributed by atoms with E-state index in [-0.39, 0.29) is 18.3 Å². The maximum Gasteiger partial charge on any atom is 0.219 e. The molecule has 0 bridgehead atoms. The van der Waals surface area contributed by atoms with Crippen LogP contribution in [0.1, 0.15) is 19.8 Å². The molecule has 3 nitrogen and oxygen atoms in total. The Hall–Kier alpha value is -0.280. The Bertz CT molecular complexity index is 152. The number of rotatable bonds is 2. The van der Waals surface area contributed by atoms with E-state index in [0.29, 0.717) is 12.6 Å². The number of ether oxygens (including phenoxy) is 1. The Kier molecular flexibility index (Phi) is 5.25. The van der Waals surface area contributed by atoms with Crippen LogP contribution < -0.4 is 0 Å². The van der Waals surface area contributed by atoms with Crippen molar-refractivity contribution in [2.75, 3.05) is 20.3 Å². The molecular weight excluding hydrogens is 178 g/mol. The molecule has 1 fully saturated rings. The molecule has 0 saturated carbocycles. The predicted molar refractivity (Wildman–Crippen MR) is 49.5 cm³/mol. The minimum atomic E-state index is 0. The fraction of sp³-hybridized carbons (Fsp3) is 0.875. The highest BCUT2D eigenvalue weighted by molar-refractivity contribution is 5.85. The van der Waals surface area contributed by atoms with Crippen LogP contribution in [0.2, 0.25) is 0 Å². The molecule has 1 atom stereocenters. The second kappa shape index (κ2) is 5.38. The van der Waals surface area contributed by atoms with Crippen molar-refractivity contribution in [3.63, 3.8) is 0 Å². The molecule has 0 aliphatic carbocycles. The summed E-state index contributed by atoms with van der Waals surface area (Å²) >= 11 is 0. The lowest BCUT2D eigenvalue weighted by molar-refractivity contribution is -0.130. The number of halogens is 1. The van der Waals surface area contributed by atoms with Crippen LogP contribution in [-0.4, -0.2) is 37.1 Å². The van der Waals surface area contributed by atoms with Gasteiger partial charge in [0.25, 0.3) is 0 Å². The van der Waals surface area contributed by atoms with Gasteiger partial charge in [0.15, 0.2) is 0 Å². The molecule has 1 aliphatic rings. The number of amides is 1. The second-order valence-electron chi connectivity index (χ2n) is 2.96. The van der Waals surface area contributed by atoms with Gasteiger partial charge in [0.05, 0.1) is 12.6 Å². The van der Waals surface area contributed by atoms with Crippen LogP contribution in [0.3, 0.4) is 0 Å². The second-order valence-corrected chi connectivity index (χ2v) is 2.96. The number of hydrogen-bond acceptors (Lipinski definition) is 2. The van der Waals surface area contributed by atoms with Gasteiger partial charge < -0.3 is 9.64 Å². The topological polar surface area (TPSA) is 29.5 Å². The largest absolute Gasteiger partial charge is 0.383 e. The minimum Gasteiger partial charge on any atom is -0.383 e. The van der Waals surface area contributed by atoms with Crippen molar-refractivity contribution >= 4 is 18.3 Å². The molecule has 12 heavy (non-hydrogen) atoms. The van der Waals surface area contributed by atoms with E-state index in [4.69, 9.17) is 4.74 Å². The van der Waals surface area contributed by atoms with Gasteiger partial charge in [0, 0.05) is 20.6 Å². The van der Waals surface area contributed by atoms with Crippen molar-refractivity contribution in [1.82, 2.24) is 4.90 Å². The summed E-state index contributed by atoms with van der Waals surface area (Å²) in [5.41, 5.74) is 0. The molecule has 1 unspecified atom stereocenters. The van der Waals surface area contributed by atoms with Crippen molar-refractivity contribution in [1.29, 1.82) is 0 Å². The highest BCUT2D eigenvalue weighted by Crippen LogP contribution is 2.16. The lowest BCUT2D eigenvalue weighted by Crippen LogP contribution is -2.36. The fourth-order valence-electron chi connectivity index (χ4n) is 1.62. The molecule has 1 saturated heterocycles. The average Bonchev–Trinajstić information content (AvgIpc) is 2.36. The van der Waals surface area contributed by atoms with E-state index in [1.807, 2.05) is 4.90 Å². The molecule has 1 heterocycles. The lowest BCUT2D eigenvalue weighted by Gasteiger charge is -2.22. The third kappa shape index (κ3) is 2.64. The Morgan fingerprint density at radius 1 is 1.67 bits per heavy atom. The molecule has 0 radical (unpaired) electrons. The number of nitrogens with zero attached hydrogens (tertiary/aromatic N) is 1. The Labute approximate surface area is 79.5 Å². The number of methoxy groups -OCH3 is 1. The van der Waals surface area contributed by atoms with Gasteiger partial charge in [0.1, 0.15) is 0 Å². The molecule has 0 N–H and O–H groups in total. The standard InChI is InChI=1S/C8H15NO2.ClH/c1-7(10)9-5-3-4-8(9)6-11-2;/h8H,3-6H2,1-2H3;1H. The van der Waals surface area contributed by atoms with Crippen molar-refractivity contribution in [3.8, 4) is 0 Å². The highest BCUT2D eigenvalue weighted by Gasteiger charge is 2.25. The number of likely N-dealkylation sites (tertiary alicyclic amines) is 1. The molecule has 1 aliphatic heterocycles. The summed E-state index contributed by atoms with van der Waals surface area (Å²) in [7, 11) is 1.68. The monoisotopic (exact) mass is 193 g/mol. The van der Waals surface area contributed by atoms with Gasteiger partial charge in [-0.2, -0.15) is 0 Å². The lowest BCUT2D eigenvalue weighted by atomic mass is 10.2.